The molecule has 28 heavy (non-hydrogen) atoms. The smallest absolute Gasteiger partial charge is 0.303 e. The minimum atomic E-state index is -0.825. The fourth-order valence-corrected chi connectivity index (χ4v) is 3.49. The zero-order valence-corrected chi connectivity index (χ0v) is 16.8. The number of aryl methyl sites for hydroxylation is 1. The van der Waals surface area contributed by atoms with Gasteiger partial charge in [-0.15, -0.1) is 11.3 Å². The van der Waals surface area contributed by atoms with Gasteiger partial charge in [0.2, 0.25) is 0 Å². The predicted molar refractivity (Wildman–Crippen MR) is 109 cm³/mol. The SMILES string of the molecule is CCCC(c1ccc(CCC(=O)O)cc1)N(C)C(=O)C(C#N)=Cc1nccs1. The molecule has 1 atom stereocenters. The lowest BCUT2D eigenvalue weighted by atomic mass is 9.98. The molecule has 0 bridgehead atoms. The number of carboxylic acids is 1. The van der Waals surface area contributed by atoms with E-state index in [0.29, 0.717) is 11.4 Å². The monoisotopic (exact) mass is 397 g/mol. The Kier molecular flexibility index (Phi) is 7.90. The molecule has 0 radical (unpaired) electrons. The average Bonchev–Trinajstić information content (AvgIpc) is 3.21. The lowest BCUT2D eigenvalue weighted by Gasteiger charge is -2.28. The van der Waals surface area contributed by atoms with Gasteiger partial charge in [-0.3, -0.25) is 9.59 Å². The Morgan fingerprint density at radius 1 is 1.36 bits per heavy atom. The molecule has 1 amide bonds. The zero-order chi connectivity index (χ0) is 20.5. The summed E-state index contributed by atoms with van der Waals surface area (Å²) in [7, 11) is 1.70. The van der Waals surface area contributed by atoms with Crippen molar-refractivity contribution < 1.29 is 14.7 Å². The van der Waals surface area contributed by atoms with Crippen molar-refractivity contribution in [3.05, 3.63) is 57.6 Å². The van der Waals surface area contributed by atoms with Gasteiger partial charge in [0.15, 0.2) is 0 Å². The maximum atomic E-state index is 12.9. The Labute approximate surface area is 168 Å². The highest BCUT2D eigenvalue weighted by Crippen LogP contribution is 2.27. The number of rotatable bonds is 9. The van der Waals surface area contributed by atoms with Crippen LogP contribution in [0.15, 0.2) is 41.4 Å². The summed E-state index contributed by atoms with van der Waals surface area (Å²) < 4.78 is 0. The molecule has 0 saturated heterocycles. The van der Waals surface area contributed by atoms with E-state index in [9.17, 15) is 14.9 Å². The van der Waals surface area contributed by atoms with Crippen LogP contribution in [0, 0.1) is 11.3 Å². The Hall–Kier alpha value is -2.98. The maximum absolute atomic E-state index is 12.9. The standard InChI is InChI=1S/C21H23N3O3S/c1-3-4-18(16-8-5-15(6-9-16)7-10-20(25)26)24(2)21(27)17(14-22)13-19-23-11-12-28-19/h5-6,8-9,11-13,18H,3-4,7,10H2,1-2H3,(H,25,26). The first-order valence-electron chi connectivity index (χ1n) is 9.05. The molecule has 1 unspecified atom stereocenters. The van der Waals surface area contributed by atoms with Crippen molar-refractivity contribution >= 4 is 29.3 Å². The van der Waals surface area contributed by atoms with Crippen LogP contribution in [-0.4, -0.2) is 33.9 Å². The van der Waals surface area contributed by atoms with E-state index >= 15 is 0 Å². The number of hydrogen-bond acceptors (Lipinski definition) is 5. The van der Waals surface area contributed by atoms with Gasteiger partial charge in [0, 0.05) is 25.0 Å². The third-order valence-electron chi connectivity index (χ3n) is 4.41. The minimum Gasteiger partial charge on any atom is -0.481 e. The van der Waals surface area contributed by atoms with Gasteiger partial charge < -0.3 is 10.0 Å². The summed E-state index contributed by atoms with van der Waals surface area (Å²) in [5.41, 5.74) is 1.96. The van der Waals surface area contributed by atoms with E-state index in [1.54, 1.807) is 23.5 Å². The molecule has 0 fully saturated rings. The summed E-state index contributed by atoms with van der Waals surface area (Å²) >= 11 is 1.37. The van der Waals surface area contributed by atoms with Crippen LogP contribution >= 0.6 is 11.3 Å². The fraction of sp³-hybridized carbons (Fsp3) is 0.333. The Morgan fingerprint density at radius 2 is 2.07 bits per heavy atom. The molecule has 7 heteroatoms. The molecule has 2 aromatic rings. The van der Waals surface area contributed by atoms with Crippen molar-refractivity contribution in [1.82, 2.24) is 9.88 Å². The third-order valence-corrected chi connectivity index (χ3v) is 5.13. The molecule has 146 valence electrons. The third kappa shape index (κ3) is 5.76. The van der Waals surface area contributed by atoms with Gasteiger partial charge in [-0.25, -0.2) is 4.98 Å². The van der Waals surface area contributed by atoms with Gasteiger partial charge in [0.25, 0.3) is 5.91 Å². The number of carbonyl (C=O) groups is 2. The van der Waals surface area contributed by atoms with Crippen molar-refractivity contribution in [2.24, 2.45) is 0 Å². The highest BCUT2D eigenvalue weighted by atomic mass is 32.1. The van der Waals surface area contributed by atoms with Gasteiger partial charge in [-0.05, 0) is 30.0 Å². The second kappa shape index (κ2) is 10.4. The van der Waals surface area contributed by atoms with Crippen molar-refractivity contribution in [2.45, 2.75) is 38.6 Å². The van der Waals surface area contributed by atoms with Crippen molar-refractivity contribution in [3.8, 4) is 6.07 Å². The molecule has 2 rings (SSSR count). The summed E-state index contributed by atoms with van der Waals surface area (Å²) in [5, 5.41) is 20.7. The Morgan fingerprint density at radius 3 is 2.61 bits per heavy atom. The first kappa shape index (κ1) is 21.3. The van der Waals surface area contributed by atoms with Gasteiger partial charge in [0.05, 0.1) is 6.04 Å². The van der Waals surface area contributed by atoms with Crippen molar-refractivity contribution in [2.75, 3.05) is 7.05 Å². The summed E-state index contributed by atoms with van der Waals surface area (Å²) in [6.07, 6.45) is 5.34. The summed E-state index contributed by atoms with van der Waals surface area (Å²) in [4.78, 5) is 29.3. The second-order valence-corrected chi connectivity index (χ2v) is 7.32. The van der Waals surface area contributed by atoms with E-state index in [1.165, 1.54) is 17.4 Å². The molecule has 0 aliphatic rings. The highest BCUT2D eigenvalue weighted by Gasteiger charge is 2.24. The number of likely N-dealkylation sites (N-methyl/N-ethyl adjacent to an activating group) is 1. The largest absolute Gasteiger partial charge is 0.481 e. The molecule has 6 nitrogen and oxygen atoms in total. The number of thiazole rings is 1. The molecule has 1 aromatic heterocycles. The van der Waals surface area contributed by atoms with E-state index in [2.05, 4.69) is 4.98 Å². The number of carbonyl (C=O) groups excluding carboxylic acids is 1. The maximum Gasteiger partial charge on any atom is 0.303 e. The molecule has 1 N–H and O–H groups in total. The van der Waals surface area contributed by atoms with E-state index in [1.807, 2.05) is 37.3 Å². The number of benzene rings is 1. The molecule has 0 spiro atoms. The van der Waals surface area contributed by atoms with Gasteiger partial charge >= 0.3 is 5.97 Å². The number of nitriles is 1. The van der Waals surface area contributed by atoms with Crippen LogP contribution in [0.4, 0.5) is 0 Å². The van der Waals surface area contributed by atoms with Gasteiger partial charge in [0.1, 0.15) is 16.6 Å². The number of hydrogen-bond donors (Lipinski definition) is 1. The average molecular weight is 398 g/mol. The van der Waals surface area contributed by atoms with E-state index in [0.717, 1.165) is 24.0 Å². The normalized spacial score (nSPS) is 12.2. The van der Waals surface area contributed by atoms with E-state index in [4.69, 9.17) is 5.11 Å². The van der Waals surface area contributed by atoms with Crippen molar-refractivity contribution in [1.29, 1.82) is 5.26 Å². The first-order valence-corrected chi connectivity index (χ1v) is 9.93. The van der Waals surface area contributed by atoms with Crippen LogP contribution in [-0.2, 0) is 16.0 Å². The van der Waals surface area contributed by atoms with Crippen LogP contribution in [0.3, 0.4) is 0 Å². The number of aliphatic carboxylic acids is 1. The fourth-order valence-electron chi connectivity index (χ4n) is 2.92. The summed E-state index contributed by atoms with van der Waals surface area (Å²) in [6, 6.07) is 9.47. The molecule has 1 heterocycles. The Balaban J connectivity index is 2.20. The number of nitrogens with zero attached hydrogens (tertiary/aromatic N) is 3. The summed E-state index contributed by atoms with van der Waals surface area (Å²) in [5.74, 6) is -1.17. The molecule has 0 aliphatic heterocycles. The lowest BCUT2D eigenvalue weighted by Crippen LogP contribution is -2.32. The second-order valence-electron chi connectivity index (χ2n) is 6.40. The number of amides is 1. The van der Waals surface area contributed by atoms with E-state index < -0.39 is 5.97 Å². The quantitative estimate of drug-likeness (QED) is 0.508. The first-order chi connectivity index (χ1) is 13.5. The van der Waals surface area contributed by atoms with Crippen LogP contribution in [0.2, 0.25) is 0 Å². The van der Waals surface area contributed by atoms with Crippen LogP contribution in [0.25, 0.3) is 6.08 Å². The van der Waals surface area contributed by atoms with E-state index in [-0.39, 0.29) is 23.9 Å². The van der Waals surface area contributed by atoms with Crippen LogP contribution in [0.5, 0.6) is 0 Å². The minimum absolute atomic E-state index is 0.0524. The van der Waals surface area contributed by atoms with Crippen LogP contribution < -0.4 is 0 Å². The summed E-state index contributed by atoms with van der Waals surface area (Å²) in [6.45, 7) is 2.04. The number of carboxylic acid groups (broad SMARTS) is 1. The van der Waals surface area contributed by atoms with Gasteiger partial charge in [-0.2, -0.15) is 5.26 Å². The predicted octanol–water partition coefficient (Wildman–Crippen LogP) is 4.07. The molecule has 0 saturated carbocycles. The highest BCUT2D eigenvalue weighted by molar-refractivity contribution is 7.10. The van der Waals surface area contributed by atoms with Crippen LogP contribution in [0.1, 0.15) is 48.4 Å². The molecular formula is C21H23N3O3S. The number of aromatic nitrogens is 1. The zero-order valence-electron chi connectivity index (χ0n) is 16.0. The van der Waals surface area contributed by atoms with Gasteiger partial charge in [-0.1, -0.05) is 37.6 Å². The molecule has 0 aliphatic carbocycles. The lowest BCUT2D eigenvalue weighted by molar-refractivity contribution is -0.137. The Bertz CT molecular complexity index is 867. The molecule has 1 aromatic carbocycles. The topological polar surface area (TPSA) is 94.3 Å². The van der Waals surface area contributed by atoms with Crippen molar-refractivity contribution in [3.63, 3.8) is 0 Å². The molecular weight excluding hydrogens is 374 g/mol.